The van der Waals surface area contributed by atoms with Crippen LogP contribution in [0.2, 0.25) is 0 Å². The number of carbonyl (C=O) groups is 1. The lowest BCUT2D eigenvalue weighted by Crippen LogP contribution is -2.27. The van der Waals surface area contributed by atoms with E-state index >= 15 is 0 Å². The van der Waals surface area contributed by atoms with Gasteiger partial charge in [0.2, 0.25) is 0 Å². The lowest BCUT2D eigenvalue weighted by molar-refractivity contribution is -0.138. The fraction of sp³-hybridized carbons (Fsp3) is 0.750. The van der Waals surface area contributed by atoms with Gasteiger partial charge >= 0.3 is 5.97 Å². The molecule has 4 nitrogen and oxygen atoms in total. The normalized spacial score (nSPS) is 31.9. The fourth-order valence-electron chi connectivity index (χ4n) is 4.30. The molecule has 0 amide bonds. The number of allylic oxidation sites excluding steroid dienone is 1. The predicted molar refractivity (Wildman–Crippen MR) is 94.4 cm³/mol. The van der Waals surface area contributed by atoms with E-state index in [2.05, 4.69) is 24.8 Å². The summed E-state index contributed by atoms with van der Waals surface area (Å²) in [5.74, 6) is 5.53. The van der Waals surface area contributed by atoms with Gasteiger partial charge in [0.25, 0.3) is 0 Å². The molecular formula is C20H31O4+. The Morgan fingerprint density at radius 3 is 2.92 bits per heavy atom. The summed E-state index contributed by atoms with van der Waals surface area (Å²) in [6.45, 7) is 6.47. The van der Waals surface area contributed by atoms with E-state index in [1.807, 2.05) is 6.92 Å². The van der Waals surface area contributed by atoms with E-state index < -0.39 is 5.97 Å². The fourth-order valence-corrected chi connectivity index (χ4v) is 4.30. The summed E-state index contributed by atoms with van der Waals surface area (Å²) in [4.78, 5) is 11.1. The van der Waals surface area contributed by atoms with Gasteiger partial charge in [-0.15, -0.1) is 5.92 Å². The van der Waals surface area contributed by atoms with E-state index in [4.69, 9.17) is 9.84 Å². The van der Waals surface area contributed by atoms with Gasteiger partial charge in [-0.3, -0.25) is 0 Å². The van der Waals surface area contributed by atoms with Gasteiger partial charge < -0.3 is 14.9 Å². The second-order valence-electron chi connectivity index (χ2n) is 7.53. The third-order valence-corrected chi connectivity index (χ3v) is 5.69. The van der Waals surface area contributed by atoms with Crippen molar-refractivity contribution in [2.75, 3.05) is 6.61 Å². The molecule has 0 aromatic carbocycles. The van der Waals surface area contributed by atoms with Gasteiger partial charge in [0.15, 0.2) is 0 Å². The summed E-state index contributed by atoms with van der Waals surface area (Å²) in [6, 6.07) is 0. The minimum absolute atomic E-state index is 0.119. The van der Waals surface area contributed by atoms with Gasteiger partial charge in [-0.2, -0.15) is 0 Å². The number of rotatable bonds is 6. The molecule has 0 saturated heterocycles. The molecule has 2 aliphatic rings. The molecule has 1 saturated carbocycles. The van der Waals surface area contributed by atoms with Crippen LogP contribution in [0.5, 0.6) is 0 Å². The molecule has 2 rings (SSSR count). The van der Waals surface area contributed by atoms with Crippen molar-refractivity contribution in [1.82, 2.24) is 0 Å². The molecule has 24 heavy (non-hydrogen) atoms. The van der Waals surface area contributed by atoms with Gasteiger partial charge in [-0.25, -0.2) is 0 Å². The molecule has 0 aromatic heterocycles. The van der Waals surface area contributed by atoms with Crippen LogP contribution in [-0.4, -0.2) is 35.0 Å². The summed E-state index contributed by atoms with van der Waals surface area (Å²) >= 11 is 0. The Morgan fingerprint density at radius 1 is 1.58 bits per heavy atom. The molecule has 134 valence electrons. The SMILES string of the molecule is CC#CC(CC(=O)[OH2+])C(C)OCC1=C[C@@]2(CCC1)C[C@H](O)C[C@@H]2C. The van der Waals surface area contributed by atoms with Crippen LogP contribution >= 0.6 is 0 Å². The second-order valence-corrected chi connectivity index (χ2v) is 7.53. The van der Waals surface area contributed by atoms with Gasteiger partial charge in [0.05, 0.1) is 24.7 Å². The number of ether oxygens (including phenoxy) is 1. The maximum atomic E-state index is 11.1. The first-order valence-corrected chi connectivity index (χ1v) is 9.03. The zero-order valence-corrected chi connectivity index (χ0v) is 15.1. The van der Waals surface area contributed by atoms with Crippen LogP contribution in [-0.2, 0) is 9.53 Å². The molecule has 2 unspecified atom stereocenters. The van der Waals surface area contributed by atoms with Crippen LogP contribution in [0, 0.1) is 29.1 Å². The number of aliphatic hydroxyl groups excluding tert-OH is 1. The standard InChI is InChI=1S/C20H30O4/c1-4-6-17(10-19(22)23)15(3)24-13-16-7-5-8-20(11-16)12-18(21)9-14(20)2/h11,14-15,17-18,21H,5,7-10,12-13H2,1-3H3,(H,22,23)/p+1/t14-,15?,17?,18+,20-/m0/s1. The van der Waals surface area contributed by atoms with E-state index in [0.717, 1.165) is 32.1 Å². The second kappa shape index (κ2) is 8.18. The van der Waals surface area contributed by atoms with Gasteiger partial charge in [-0.1, -0.05) is 18.9 Å². The molecule has 0 aromatic rings. The third-order valence-electron chi connectivity index (χ3n) is 5.69. The molecule has 0 aliphatic heterocycles. The van der Waals surface area contributed by atoms with Crippen molar-refractivity contribution < 1.29 is 19.7 Å². The zero-order valence-electron chi connectivity index (χ0n) is 15.1. The molecule has 0 heterocycles. The number of hydrogen-bond acceptors (Lipinski definition) is 3. The van der Waals surface area contributed by atoms with Crippen molar-refractivity contribution in [2.45, 2.75) is 71.5 Å². The molecule has 1 spiro atoms. The van der Waals surface area contributed by atoms with Crippen LogP contribution < -0.4 is 0 Å². The lowest BCUT2D eigenvalue weighted by atomic mass is 9.70. The minimum Gasteiger partial charge on any atom is -0.565 e. The Kier molecular flexibility index (Phi) is 6.48. The van der Waals surface area contributed by atoms with Crippen molar-refractivity contribution in [1.29, 1.82) is 0 Å². The van der Waals surface area contributed by atoms with Crippen LogP contribution in [0.25, 0.3) is 0 Å². The van der Waals surface area contributed by atoms with Gasteiger partial charge in [0, 0.05) is 4.79 Å². The highest BCUT2D eigenvalue weighted by atomic mass is 16.5. The molecule has 0 radical (unpaired) electrons. The summed E-state index contributed by atoms with van der Waals surface area (Å²) in [5, 5.41) is 17.2. The summed E-state index contributed by atoms with van der Waals surface area (Å²) in [6.07, 6.45) is 7.23. The topological polar surface area (TPSA) is 69.4 Å². The highest BCUT2D eigenvalue weighted by Gasteiger charge is 2.43. The van der Waals surface area contributed by atoms with Crippen molar-refractivity contribution in [3.8, 4) is 11.8 Å². The molecule has 2 aliphatic carbocycles. The molecule has 4 heteroatoms. The first kappa shape index (κ1) is 19.0. The third kappa shape index (κ3) is 4.62. The van der Waals surface area contributed by atoms with Crippen molar-refractivity contribution >= 4 is 5.97 Å². The van der Waals surface area contributed by atoms with Crippen molar-refractivity contribution in [3.05, 3.63) is 11.6 Å². The van der Waals surface area contributed by atoms with Crippen LogP contribution in [0.3, 0.4) is 0 Å². The quantitative estimate of drug-likeness (QED) is 0.461. The first-order chi connectivity index (χ1) is 11.4. The highest BCUT2D eigenvalue weighted by Crippen LogP contribution is 2.51. The highest BCUT2D eigenvalue weighted by molar-refractivity contribution is 5.67. The summed E-state index contributed by atoms with van der Waals surface area (Å²) < 4.78 is 5.99. The Bertz CT molecular complexity index is 542. The van der Waals surface area contributed by atoms with Crippen molar-refractivity contribution in [3.63, 3.8) is 0 Å². The van der Waals surface area contributed by atoms with Gasteiger partial charge in [-0.05, 0) is 62.9 Å². The molecule has 5 atom stereocenters. The Hall–Kier alpha value is -1.31. The predicted octanol–water partition coefficient (Wildman–Crippen LogP) is 2.56. The van der Waals surface area contributed by atoms with Crippen molar-refractivity contribution in [2.24, 2.45) is 17.3 Å². The monoisotopic (exact) mass is 335 g/mol. The zero-order chi connectivity index (χ0) is 17.7. The smallest absolute Gasteiger partial charge is 0.517 e. The number of hydrogen-bond donors (Lipinski definition) is 1. The number of aliphatic hydroxyl groups is 1. The van der Waals surface area contributed by atoms with Crippen LogP contribution in [0.4, 0.5) is 0 Å². The largest absolute Gasteiger partial charge is 0.565 e. The molecule has 3 N–H and O–H groups in total. The Morgan fingerprint density at radius 2 is 2.33 bits per heavy atom. The molecule has 0 bridgehead atoms. The number of carbonyl (C=O) groups excluding carboxylic acids is 1. The molecule has 1 fully saturated rings. The Balaban J connectivity index is 1.98. The van der Waals surface area contributed by atoms with E-state index in [1.54, 1.807) is 6.92 Å². The van der Waals surface area contributed by atoms with E-state index in [-0.39, 0.29) is 30.0 Å². The van der Waals surface area contributed by atoms with E-state index in [9.17, 15) is 9.90 Å². The summed E-state index contributed by atoms with van der Waals surface area (Å²) in [7, 11) is 0. The molecular weight excluding hydrogens is 304 g/mol. The maximum absolute atomic E-state index is 11.1. The van der Waals surface area contributed by atoms with E-state index in [1.165, 1.54) is 5.57 Å². The lowest BCUT2D eigenvalue weighted by Gasteiger charge is -2.35. The summed E-state index contributed by atoms with van der Waals surface area (Å²) in [5.41, 5.74) is 1.44. The van der Waals surface area contributed by atoms with Crippen LogP contribution in [0.1, 0.15) is 59.3 Å². The average molecular weight is 335 g/mol. The first-order valence-electron chi connectivity index (χ1n) is 9.03. The minimum atomic E-state index is -0.595. The Labute approximate surface area is 145 Å². The van der Waals surface area contributed by atoms with Gasteiger partial charge in [0.1, 0.15) is 6.42 Å². The maximum Gasteiger partial charge on any atom is 0.517 e. The van der Waals surface area contributed by atoms with Crippen LogP contribution in [0.15, 0.2) is 11.6 Å². The van der Waals surface area contributed by atoms with E-state index in [0.29, 0.717) is 12.5 Å². The average Bonchev–Trinajstić information content (AvgIpc) is 2.77.